The number of alkyl carbamates (subject to hydrolysis) is 1. The molecule has 1 aliphatic heterocycles. The van der Waals surface area contributed by atoms with E-state index in [1.807, 2.05) is 35.2 Å². The van der Waals surface area contributed by atoms with Crippen molar-refractivity contribution in [2.45, 2.75) is 63.9 Å². The quantitative estimate of drug-likeness (QED) is 0.286. The van der Waals surface area contributed by atoms with Gasteiger partial charge in [-0.15, -0.1) is 0 Å². The lowest BCUT2D eigenvalue weighted by Gasteiger charge is -2.34. The molecule has 0 saturated heterocycles. The van der Waals surface area contributed by atoms with Crippen LogP contribution in [-0.4, -0.2) is 60.6 Å². The number of nitrogens with two attached hydrogens (primary N) is 1. The predicted octanol–water partition coefficient (Wildman–Crippen LogP) is 5.24. The van der Waals surface area contributed by atoms with E-state index in [-0.39, 0.29) is 31.0 Å². The Balaban J connectivity index is 1.71. The number of rotatable bonds is 10. The average molecular weight is 650 g/mol. The zero-order valence-corrected chi connectivity index (χ0v) is 26.2. The number of alkyl halides is 3. The van der Waals surface area contributed by atoms with Gasteiger partial charge in [-0.3, -0.25) is 4.98 Å². The molecular weight excluding hydrogens is 611 g/mol. The number of amides is 1. The summed E-state index contributed by atoms with van der Waals surface area (Å²) in [5.74, 6) is 0.190. The summed E-state index contributed by atoms with van der Waals surface area (Å²) < 4.78 is 79.4. The highest BCUT2D eigenvalue weighted by molar-refractivity contribution is 7.89. The van der Waals surface area contributed by atoms with Crippen LogP contribution in [0.25, 0.3) is 0 Å². The standard InChI is InChI=1S/C31H38F3N5O5S/c1-30(2,3)44-29(40)37-16-17-43-28-11-7-10-27-26(28)21-38(45(41,42)31(32,33)34)20-25(13-12-22-8-5-4-6-9-22)39(27)19-24-18-23(35)14-15-36-24/h4-11,14-15,18,25H,12-13,16-17,19-21H2,1-3H3,(H2,35,36)(H,37,40)/t25-/m1/s1. The zero-order chi connectivity index (χ0) is 32.8. The third kappa shape index (κ3) is 9.01. The van der Waals surface area contributed by atoms with Gasteiger partial charge >= 0.3 is 21.6 Å². The van der Waals surface area contributed by atoms with Crippen molar-refractivity contribution in [1.29, 1.82) is 0 Å². The fraction of sp³-hybridized carbons (Fsp3) is 0.419. The lowest BCUT2D eigenvalue weighted by Crippen LogP contribution is -2.47. The van der Waals surface area contributed by atoms with Crippen LogP contribution in [0.5, 0.6) is 5.75 Å². The molecule has 0 spiro atoms. The Kier molecular flexibility index (Phi) is 10.5. The van der Waals surface area contributed by atoms with E-state index in [4.69, 9.17) is 15.2 Å². The molecule has 45 heavy (non-hydrogen) atoms. The monoisotopic (exact) mass is 649 g/mol. The second-order valence-corrected chi connectivity index (χ2v) is 13.6. The van der Waals surface area contributed by atoms with E-state index in [0.717, 1.165) is 5.56 Å². The second kappa shape index (κ2) is 13.9. The molecule has 2 aromatic carbocycles. The molecule has 1 aliphatic rings. The lowest BCUT2D eigenvalue weighted by molar-refractivity contribution is -0.0492. The van der Waals surface area contributed by atoms with E-state index < -0.39 is 46.4 Å². The maximum absolute atomic E-state index is 14.0. The highest BCUT2D eigenvalue weighted by Crippen LogP contribution is 2.39. The minimum atomic E-state index is -5.71. The first-order chi connectivity index (χ1) is 21.1. The molecule has 4 rings (SSSR count). The minimum absolute atomic E-state index is 0.0414. The molecule has 0 saturated carbocycles. The molecule has 14 heteroatoms. The van der Waals surface area contributed by atoms with Gasteiger partial charge in [0, 0.05) is 42.3 Å². The topological polar surface area (TPSA) is 127 Å². The number of ether oxygens (including phenoxy) is 2. The molecule has 2 heterocycles. The summed E-state index contributed by atoms with van der Waals surface area (Å²) in [6, 6.07) is 17.0. The number of carbonyl (C=O) groups excluding carboxylic acids is 1. The van der Waals surface area contributed by atoms with Crippen molar-refractivity contribution in [3.63, 3.8) is 0 Å². The summed E-state index contributed by atoms with van der Waals surface area (Å²) in [4.78, 5) is 18.3. The fourth-order valence-corrected chi connectivity index (χ4v) is 6.00. The molecule has 1 amide bonds. The normalized spacial score (nSPS) is 16.0. The Hall–Kier alpha value is -4.04. The Bertz CT molecular complexity index is 1570. The lowest BCUT2D eigenvalue weighted by atomic mass is 10.0. The van der Waals surface area contributed by atoms with Crippen LogP contribution in [0.15, 0.2) is 66.9 Å². The van der Waals surface area contributed by atoms with Gasteiger partial charge in [-0.1, -0.05) is 36.4 Å². The number of hydrogen-bond donors (Lipinski definition) is 2. The van der Waals surface area contributed by atoms with E-state index in [0.29, 0.717) is 34.2 Å². The number of benzene rings is 2. The molecular formula is C31H38F3N5O5S. The van der Waals surface area contributed by atoms with E-state index in [9.17, 15) is 26.4 Å². The third-order valence-corrected chi connectivity index (χ3v) is 8.59. The summed E-state index contributed by atoms with van der Waals surface area (Å²) in [7, 11) is -5.71. The molecule has 1 atom stereocenters. The zero-order valence-electron chi connectivity index (χ0n) is 25.4. The van der Waals surface area contributed by atoms with Crippen molar-refractivity contribution in [3.05, 3.63) is 83.7 Å². The molecule has 244 valence electrons. The molecule has 1 aromatic heterocycles. The first-order valence-corrected chi connectivity index (χ1v) is 15.9. The number of sulfonamides is 1. The van der Waals surface area contributed by atoms with Gasteiger partial charge in [0.15, 0.2) is 0 Å². The Morgan fingerprint density at radius 3 is 2.49 bits per heavy atom. The van der Waals surface area contributed by atoms with Crippen LogP contribution in [0.1, 0.15) is 44.0 Å². The van der Waals surface area contributed by atoms with Crippen molar-refractivity contribution < 1.29 is 35.9 Å². The Morgan fingerprint density at radius 1 is 1.09 bits per heavy atom. The summed E-state index contributed by atoms with van der Waals surface area (Å²) in [5, 5.41) is 2.57. The minimum Gasteiger partial charge on any atom is -0.491 e. The molecule has 0 bridgehead atoms. The fourth-order valence-electron chi connectivity index (χ4n) is 5.04. The molecule has 0 radical (unpaired) electrons. The van der Waals surface area contributed by atoms with Gasteiger partial charge in [0.25, 0.3) is 0 Å². The largest absolute Gasteiger partial charge is 0.511 e. The van der Waals surface area contributed by atoms with Crippen LogP contribution >= 0.6 is 0 Å². The number of halogens is 3. The van der Waals surface area contributed by atoms with Crippen LogP contribution in [-0.2, 0) is 34.3 Å². The van der Waals surface area contributed by atoms with Crippen LogP contribution < -0.4 is 20.7 Å². The smallest absolute Gasteiger partial charge is 0.491 e. The van der Waals surface area contributed by atoms with Crippen molar-refractivity contribution in [3.8, 4) is 5.75 Å². The van der Waals surface area contributed by atoms with Gasteiger partial charge in [-0.05, 0) is 63.4 Å². The van der Waals surface area contributed by atoms with E-state index in [1.54, 1.807) is 57.3 Å². The second-order valence-electron chi connectivity index (χ2n) is 11.7. The number of aromatic nitrogens is 1. The van der Waals surface area contributed by atoms with E-state index in [1.165, 1.54) is 0 Å². The average Bonchev–Trinajstić information content (AvgIpc) is 3.11. The van der Waals surface area contributed by atoms with E-state index >= 15 is 0 Å². The number of nitrogen functional groups attached to an aromatic ring is 1. The van der Waals surface area contributed by atoms with E-state index in [2.05, 4.69) is 10.3 Å². The van der Waals surface area contributed by atoms with Crippen molar-refractivity contribution in [2.24, 2.45) is 0 Å². The maximum Gasteiger partial charge on any atom is 0.511 e. The molecule has 10 nitrogen and oxygen atoms in total. The van der Waals surface area contributed by atoms with Gasteiger partial charge in [-0.2, -0.15) is 17.5 Å². The van der Waals surface area contributed by atoms with Crippen molar-refractivity contribution >= 4 is 27.5 Å². The molecule has 0 aliphatic carbocycles. The number of carbonyl (C=O) groups is 1. The number of pyridine rings is 1. The number of nitrogens with one attached hydrogen (secondary N) is 1. The third-order valence-electron chi connectivity index (χ3n) is 7.05. The van der Waals surface area contributed by atoms with Crippen LogP contribution in [0.4, 0.5) is 29.3 Å². The summed E-state index contributed by atoms with van der Waals surface area (Å²) in [6.07, 6.45) is 1.73. The molecule has 3 aromatic rings. The number of nitrogens with zero attached hydrogens (tertiary/aromatic N) is 3. The van der Waals surface area contributed by atoms with Gasteiger partial charge in [0.05, 0.1) is 18.8 Å². The summed E-state index contributed by atoms with van der Waals surface area (Å²) >= 11 is 0. The van der Waals surface area contributed by atoms with Gasteiger partial charge < -0.3 is 25.4 Å². The highest BCUT2D eigenvalue weighted by atomic mass is 32.2. The van der Waals surface area contributed by atoms with Gasteiger partial charge in [-0.25, -0.2) is 13.2 Å². The van der Waals surface area contributed by atoms with Crippen molar-refractivity contribution in [1.82, 2.24) is 14.6 Å². The first kappa shape index (κ1) is 33.8. The van der Waals surface area contributed by atoms with Crippen LogP contribution in [0.2, 0.25) is 0 Å². The predicted molar refractivity (Wildman–Crippen MR) is 165 cm³/mol. The van der Waals surface area contributed by atoms with Gasteiger partial charge in [0.1, 0.15) is 18.0 Å². The maximum atomic E-state index is 14.0. The number of hydrogen-bond acceptors (Lipinski definition) is 8. The number of anilines is 2. The van der Waals surface area contributed by atoms with Gasteiger partial charge in [0.2, 0.25) is 0 Å². The Labute approximate surface area is 261 Å². The first-order valence-electron chi connectivity index (χ1n) is 14.4. The SMILES string of the molecule is CC(C)(C)OC(=O)NCCOc1cccc2c1CN(S(=O)(=O)C(F)(F)F)C[C@@H](CCc1ccccc1)N2Cc1cc(N)ccn1. The summed E-state index contributed by atoms with van der Waals surface area (Å²) in [6.45, 7) is 4.32. The Morgan fingerprint density at radius 2 is 1.82 bits per heavy atom. The summed E-state index contributed by atoms with van der Waals surface area (Å²) in [5.41, 5.74) is 2.55. The van der Waals surface area contributed by atoms with Crippen molar-refractivity contribution in [2.75, 3.05) is 30.3 Å². The number of fused-ring (bicyclic) bond motifs is 1. The molecule has 0 unspecified atom stereocenters. The molecule has 0 fully saturated rings. The van der Waals surface area contributed by atoms with Crippen LogP contribution in [0.3, 0.4) is 0 Å². The molecule has 3 N–H and O–H groups in total. The highest BCUT2D eigenvalue weighted by Gasteiger charge is 2.51. The number of aryl methyl sites for hydroxylation is 1. The van der Waals surface area contributed by atoms with Crippen LogP contribution in [0, 0.1) is 0 Å².